The number of benzene rings is 3. The molecule has 6 nitrogen and oxygen atoms in total. The second-order valence-corrected chi connectivity index (χ2v) is 7.11. The summed E-state index contributed by atoms with van der Waals surface area (Å²) in [4.78, 5) is 27.5. The highest BCUT2D eigenvalue weighted by Gasteiger charge is 2.23. The van der Waals surface area contributed by atoms with E-state index in [1.54, 1.807) is 18.2 Å². The highest BCUT2D eigenvalue weighted by Crippen LogP contribution is 2.30. The van der Waals surface area contributed by atoms with Gasteiger partial charge in [-0.15, -0.1) is 0 Å². The molecule has 166 valence electrons. The molecule has 0 aliphatic rings. The Labute approximate surface area is 188 Å². The van der Waals surface area contributed by atoms with E-state index >= 15 is 0 Å². The fourth-order valence-corrected chi connectivity index (χ4v) is 3.26. The minimum atomic E-state index is -0.705. The van der Waals surface area contributed by atoms with Crippen molar-refractivity contribution in [1.82, 2.24) is 4.90 Å². The minimum Gasteiger partial charge on any atom is -0.490 e. The summed E-state index contributed by atoms with van der Waals surface area (Å²) >= 11 is 0. The molecule has 3 aromatic carbocycles. The van der Waals surface area contributed by atoms with E-state index in [1.807, 2.05) is 74.5 Å². The second-order valence-electron chi connectivity index (χ2n) is 7.11. The predicted molar refractivity (Wildman–Crippen MR) is 125 cm³/mol. The van der Waals surface area contributed by atoms with Crippen LogP contribution in [0.3, 0.4) is 0 Å². The van der Waals surface area contributed by atoms with Gasteiger partial charge >= 0.3 is 11.8 Å². The Morgan fingerprint density at radius 3 is 1.81 bits per heavy atom. The molecule has 2 amide bonds. The number of hydrogen-bond acceptors (Lipinski definition) is 4. The Hall–Kier alpha value is -3.80. The number of carbonyl (C=O) groups is 2. The zero-order valence-corrected chi connectivity index (χ0v) is 18.4. The van der Waals surface area contributed by atoms with E-state index in [0.29, 0.717) is 43.5 Å². The molecule has 0 radical (unpaired) electrons. The number of anilines is 1. The Morgan fingerprint density at radius 1 is 0.750 bits per heavy atom. The molecule has 0 aliphatic carbocycles. The molecule has 0 atom stereocenters. The van der Waals surface area contributed by atoms with Crippen LogP contribution in [0.15, 0.2) is 78.9 Å². The average Bonchev–Trinajstić information content (AvgIpc) is 2.81. The largest absolute Gasteiger partial charge is 0.490 e. The van der Waals surface area contributed by atoms with Crippen molar-refractivity contribution in [2.45, 2.75) is 26.9 Å². The van der Waals surface area contributed by atoms with Crippen LogP contribution in [0.5, 0.6) is 11.5 Å². The number of ether oxygens (including phenoxy) is 2. The van der Waals surface area contributed by atoms with Gasteiger partial charge < -0.3 is 19.7 Å². The first-order chi connectivity index (χ1) is 15.6. The van der Waals surface area contributed by atoms with Gasteiger partial charge in [0, 0.05) is 24.8 Å². The second kappa shape index (κ2) is 11.6. The van der Waals surface area contributed by atoms with Crippen LogP contribution >= 0.6 is 0 Å². The lowest BCUT2D eigenvalue weighted by molar-refractivity contribution is -0.144. The van der Waals surface area contributed by atoms with Gasteiger partial charge in [-0.2, -0.15) is 0 Å². The lowest BCUT2D eigenvalue weighted by Gasteiger charge is -2.22. The first-order valence-electron chi connectivity index (χ1n) is 10.7. The van der Waals surface area contributed by atoms with Crippen molar-refractivity contribution < 1.29 is 19.1 Å². The third-order valence-electron chi connectivity index (χ3n) is 4.72. The Bertz CT molecular complexity index is 981. The topological polar surface area (TPSA) is 67.9 Å². The standard InChI is InChI=1S/C26H28N2O4/c1-3-31-23-16-15-22(17-24(23)32-4-2)27-25(29)26(30)28(18-20-11-7-5-8-12-20)19-21-13-9-6-10-14-21/h5-17H,3-4,18-19H2,1-2H3,(H,27,29). The maximum absolute atomic E-state index is 13.1. The van der Waals surface area contributed by atoms with Crippen molar-refractivity contribution >= 4 is 17.5 Å². The van der Waals surface area contributed by atoms with Gasteiger partial charge in [0.1, 0.15) is 0 Å². The van der Waals surface area contributed by atoms with Crippen molar-refractivity contribution in [3.05, 3.63) is 90.0 Å². The highest BCUT2D eigenvalue weighted by atomic mass is 16.5. The molecule has 0 saturated carbocycles. The fourth-order valence-electron chi connectivity index (χ4n) is 3.26. The lowest BCUT2D eigenvalue weighted by atomic mass is 10.1. The molecule has 1 N–H and O–H groups in total. The van der Waals surface area contributed by atoms with E-state index in [-0.39, 0.29) is 0 Å². The minimum absolute atomic E-state index is 0.329. The molecule has 0 unspecified atom stereocenters. The predicted octanol–water partition coefficient (Wildman–Crippen LogP) is 4.65. The van der Waals surface area contributed by atoms with E-state index < -0.39 is 11.8 Å². The summed E-state index contributed by atoms with van der Waals surface area (Å²) in [5.41, 5.74) is 2.36. The number of rotatable bonds is 9. The van der Waals surface area contributed by atoms with Gasteiger partial charge in [-0.05, 0) is 37.1 Å². The van der Waals surface area contributed by atoms with Crippen LogP contribution in [-0.4, -0.2) is 29.9 Å². The summed E-state index contributed by atoms with van der Waals surface area (Å²) in [7, 11) is 0. The van der Waals surface area contributed by atoms with Crippen molar-refractivity contribution in [2.24, 2.45) is 0 Å². The summed E-state index contributed by atoms with van der Waals surface area (Å²) < 4.78 is 11.2. The Morgan fingerprint density at radius 2 is 1.28 bits per heavy atom. The Balaban J connectivity index is 1.77. The molecule has 0 heterocycles. The van der Waals surface area contributed by atoms with Crippen LogP contribution in [0, 0.1) is 0 Å². The zero-order valence-electron chi connectivity index (χ0n) is 18.4. The number of hydrogen-bond donors (Lipinski definition) is 1. The quantitative estimate of drug-likeness (QED) is 0.500. The van der Waals surface area contributed by atoms with Gasteiger partial charge in [0.2, 0.25) is 0 Å². The first kappa shape index (κ1) is 22.9. The molecule has 0 aliphatic heterocycles. The summed E-state index contributed by atoms with van der Waals surface area (Å²) in [5.74, 6) is -0.202. The molecule has 0 saturated heterocycles. The molecule has 0 fully saturated rings. The van der Waals surface area contributed by atoms with Gasteiger partial charge in [0.25, 0.3) is 0 Å². The fraction of sp³-hybridized carbons (Fsp3) is 0.231. The van der Waals surface area contributed by atoms with E-state index in [0.717, 1.165) is 11.1 Å². The van der Waals surface area contributed by atoms with E-state index in [1.165, 1.54) is 4.90 Å². The summed E-state index contributed by atoms with van der Waals surface area (Å²) in [5, 5.41) is 2.70. The van der Waals surface area contributed by atoms with Crippen LogP contribution in [0.25, 0.3) is 0 Å². The Kier molecular flexibility index (Phi) is 8.26. The number of nitrogens with zero attached hydrogens (tertiary/aromatic N) is 1. The third-order valence-corrected chi connectivity index (χ3v) is 4.72. The normalized spacial score (nSPS) is 10.3. The number of amides is 2. The van der Waals surface area contributed by atoms with Crippen LogP contribution < -0.4 is 14.8 Å². The molecule has 3 rings (SSSR count). The number of carbonyl (C=O) groups excluding carboxylic acids is 2. The van der Waals surface area contributed by atoms with E-state index in [2.05, 4.69) is 5.32 Å². The molecule has 0 aromatic heterocycles. The van der Waals surface area contributed by atoms with Gasteiger partial charge in [-0.25, -0.2) is 0 Å². The smallest absolute Gasteiger partial charge is 0.313 e. The van der Waals surface area contributed by atoms with Crippen molar-refractivity contribution in [1.29, 1.82) is 0 Å². The van der Waals surface area contributed by atoms with Gasteiger partial charge in [-0.1, -0.05) is 60.7 Å². The molecular weight excluding hydrogens is 404 g/mol. The van der Waals surface area contributed by atoms with Crippen LogP contribution in [-0.2, 0) is 22.7 Å². The van der Waals surface area contributed by atoms with Crippen LogP contribution in [0.1, 0.15) is 25.0 Å². The van der Waals surface area contributed by atoms with Gasteiger partial charge in [0.15, 0.2) is 11.5 Å². The first-order valence-corrected chi connectivity index (χ1v) is 10.7. The van der Waals surface area contributed by atoms with Crippen molar-refractivity contribution in [2.75, 3.05) is 18.5 Å². The van der Waals surface area contributed by atoms with E-state index in [9.17, 15) is 9.59 Å². The van der Waals surface area contributed by atoms with Gasteiger partial charge in [0.05, 0.1) is 13.2 Å². The van der Waals surface area contributed by atoms with Gasteiger partial charge in [-0.3, -0.25) is 9.59 Å². The van der Waals surface area contributed by atoms with Crippen molar-refractivity contribution in [3.8, 4) is 11.5 Å². The molecule has 6 heteroatoms. The average molecular weight is 433 g/mol. The molecule has 32 heavy (non-hydrogen) atoms. The maximum Gasteiger partial charge on any atom is 0.313 e. The third kappa shape index (κ3) is 6.35. The summed E-state index contributed by atoms with van der Waals surface area (Å²) in [6, 6.07) is 24.3. The molecule has 0 bridgehead atoms. The summed E-state index contributed by atoms with van der Waals surface area (Å²) in [6.07, 6.45) is 0. The molecule has 3 aromatic rings. The SMILES string of the molecule is CCOc1ccc(NC(=O)C(=O)N(Cc2ccccc2)Cc2ccccc2)cc1OCC. The zero-order chi connectivity index (χ0) is 22.8. The monoisotopic (exact) mass is 432 g/mol. The molecular formula is C26H28N2O4. The summed E-state index contributed by atoms with van der Waals surface area (Å²) in [6.45, 7) is 5.37. The number of nitrogens with one attached hydrogen (secondary N) is 1. The van der Waals surface area contributed by atoms with Crippen LogP contribution in [0.4, 0.5) is 5.69 Å². The maximum atomic E-state index is 13.1. The highest BCUT2D eigenvalue weighted by molar-refractivity contribution is 6.39. The van der Waals surface area contributed by atoms with Crippen molar-refractivity contribution in [3.63, 3.8) is 0 Å². The lowest BCUT2D eigenvalue weighted by Crippen LogP contribution is -2.38. The molecule has 0 spiro atoms. The van der Waals surface area contributed by atoms with E-state index in [4.69, 9.17) is 9.47 Å². The van der Waals surface area contributed by atoms with Crippen LogP contribution in [0.2, 0.25) is 0 Å².